The maximum absolute atomic E-state index is 5.99. The SMILES string of the molecule is COc1ccc(CCNC(N)=NCc2ccc(OCc3ccccn3)cc2)cc1OC.I. The van der Waals surface area contributed by atoms with Gasteiger partial charge in [-0.2, -0.15) is 0 Å². The molecule has 0 saturated heterocycles. The first kappa shape index (κ1) is 25.3. The highest BCUT2D eigenvalue weighted by Gasteiger charge is 2.04. The largest absolute Gasteiger partial charge is 0.493 e. The van der Waals surface area contributed by atoms with Gasteiger partial charge < -0.3 is 25.3 Å². The number of hydrogen-bond donors (Lipinski definition) is 2. The van der Waals surface area contributed by atoms with Crippen molar-refractivity contribution in [2.75, 3.05) is 20.8 Å². The molecule has 0 aliphatic rings. The lowest BCUT2D eigenvalue weighted by Crippen LogP contribution is -2.33. The number of nitrogens with zero attached hydrogens (tertiary/aromatic N) is 2. The summed E-state index contributed by atoms with van der Waals surface area (Å²) in [5.74, 6) is 2.64. The van der Waals surface area contributed by atoms with Gasteiger partial charge in [-0.25, -0.2) is 4.99 Å². The van der Waals surface area contributed by atoms with E-state index in [1.807, 2.05) is 60.7 Å². The van der Waals surface area contributed by atoms with Crippen molar-refractivity contribution in [1.29, 1.82) is 0 Å². The van der Waals surface area contributed by atoms with E-state index in [2.05, 4.69) is 15.3 Å². The average molecular weight is 548 g/mol. The molecule has 7 nitrogen and oxygen atoms in total. The molecule has 0 fully saturated rings. The zero-order chi connectivity index (χ0) is 21.9. The quantitative estimate of drug-likeness (QED) is 0.227. The maximum atomic E-state index is 5.99. The molecule has 1 aromatic heterocycles. The van der Waals surface area contributed by atoms with Gasteiger partial charge in [-0.15, -0.1) is 24.0 Å². The van der Waals surface area contributed by atoms with E-state index in [1.165, 1.54) is 0 Å². The predicted octanol–water partition coefficient (Wildman–Crippen LogP) is 3.94. The highest BCUT2D eigenvalue weighted by atomic mass is 127. The number of aromatic nitrogens is 1. The molecular weight excluding hydrogens is 519 g/mol. The molecule has 8 heteroatoms. The van der Waals surface area contributed by atoms with E-state index in [-0.39, 0.29) is 24.0 Å². The van der Waals surface area contributed by atoms with Crippen LogP contribution < -0.4 is 25.3 Å². The molecule has 0 radical (unpaired) electrons. The number of benzene rings is 2. The molecule has 3 aromatic rings. The normalized spacial score (nSPS) is 10.8. The van der Waals surface area contributed by atoms with Gasteiger partial charge in [-0.1, -0.05) is 24.3 Å². The van der Waals surface area contributed by atoms with Crippen LogP contribution >= 0.6 is 24.0 Å². The van der Waals surface area contributed by atoms with Crippen LogP contribution in [0, 0.1) is 0 Å². The number of guanidine groups is 1. The first-order chi connectivity index (χ1) is 15.2. The van der Waals surface area contributed by atoms with Crippen molar-refractivity contribution in [1.82, 2.24) is 10.3 Å². The Morgan fingerprint density at radius 2 is 1.72 bits per heavy atom. The Labute approximate surface area is 206 Å². The number of rotatable bonds is 10. The molecule has 0 spiro atoms. The van der Waals surface area contributed by atoms with E-state index in [9.17, 15) is 0 Å². The third kappa shape index (κ3) is 7.92. The summed E-state index contributed by atoms with van der Waals surface area (Å²) >= 11 is 0. The fourth-order valence-corrected chi connectivity index (χ4v) is 2.94. The van der Waals surface area contributed by atoms with Crippen LogP contribution in [0.3, 0.4) is 0 Å². The monoisotopic (exact) mass is 548 g/mol. The highest BCUT2D eigenvalue weighted by Crippen LogP contribution is 2.27. The number of aliphatic imine (C=N–C) groups is 1. The summed E-state index contributed by atoms with van der Waals surface area (Å²) in [4.78, 5) is 8.64. The molecule has 3 N–H and O–H groups in total. The topological polar surface area (TPSA) is 91.0 Å². The van der Waals surface area contributed by atoms with Crippen LogP contribution in [0.1, 0.15) is 16.8 Å². The Morgan fingerprint density at radius 3 is 2.41 bits per heavy atom. The Hall–Kier alpha value is -3.01. The lowest BCUT2D eigenvalue weighted by molar-refractivity contribution is 0.301. The zero-order valence-electron chi connectivity index (χ0n) is 18.3. The van der Waals surface area contributed by atoms with E-state index < -0.39 is 0 Å². The van der Waals surface area contributed by atoms with Crippen LogP contribution in [0.25, 0.3) is 0 Å². The van der Waals surface area contributed by atoms with Gasteiger partial charge in [0.2, 0.25) is 0 Å². The number of hydrogen-bond acceptors (Lipinski definition) is 5. The second-order valence-electron chi connectivity index (χ2n) is 6.82. The number of pyridine rings is 1. The lowest BCUT2D eigenvalue weighted by Gasteiger charge is -2.10. The zero-order valence-corrected chi connectivity index (χ0v) is 20.6. The summed E-state index contributed by atoms with van der Waals surface area (Å²) in [6.45, 7) is 1.61. The second-order valence-corrected chi connectivity index (χ2v) is 6.82. The predicted molar refractivity (Wildman–Crippen MR) is 137 cm³/mol. The average Bonchev–Trinajstić information content (AvgIpc) is 2.82. The van der Waals surface area contributed by atoms with Gasteiger partial charge in [0, 0.05) is 12.7 Å². The molecule has 170 valence electrons. The van der Waals surface area contributed by atoms with Crippen LogP contribution in [0.15, 0.2) is 71.9 Å². The van der Waals surface area contributed by atoms with Crippen molar-refractivity contribution in [2.24, 2.45) is 10.7 Å². The Bertz CT molecular complexity index is 982. The third-order valence-corrected chi connectivity index (χ3v) is 4.64. The molecule has 0 aliphatic carbocycles. The Morgan fingerprint density at radius 1 is 0.969 bits per heavy atom. The van der Waals surface area contributed by atoms with Gasteiger partial charge in [0.25, 0.3) is 0 Å². The van der Waals surface area contributed by atoms with Gasteiger partial charge >= 0.3 is 0 Å². The summed E-state index contributed by atoms with van der Waals surface area (Å²) < 4.78 is 16.3. The van der Waals surface area contributed by atoms with E-state index in [0.717, 1.165) is 29.0 Å². The Balaban J connectivity index is 0.00000363. The van der Waals surface area contributed by atoms with Gasteiger partial charge in [0.15, 0.2) is 17.5 Å². The van der Waals surface area contributed by atoms with Crippen LogP contribution in [0.2, 0.25) is 0 Å². The van der Waals surface area contributed by atoms with E-state index in [4.69, 9.17) is 19.9 Å². The van der Waals surface area contributed by atoms with Gasteiger partial charge in [0.1, 0.15) is 12.4 Å². The first-order valence-corrected chi connectivity index (χ1v) is 10.0. The van der Waals surface area contributed by atoms with Crippen molar-refractivity contribution in [3.63, 3.8) is 0 Å². The van der Waals surface area contributed by atoms with Crippen LogP contribution in [-0.4, -0.2) is 31.7 Å². The van der Waals surface area contributed by atoms with Gasteiger partial charge in [-0.3, -0.25) is 4.98 Å². The molecule has 1 heterocycles. The second kappa shape index (κ2) is 13.4. The number of methoxy groups -OCH3 is 2. The standard InChI is InChI=1S/C24H28N4O3.HI/c1-29-22-11-8-18(15-23(22)30-2)12-14-27-24(25)28-16-19-6-9-21(10-7-19)31-17-20-5-3-4-13-26-20;/h3-11,13,15H,12,14,16-17H2,1-2H3,(H3,25,27,28);1H. The van der Waals surface area contributed by atoms with Crippen molar-refractivity contribution in [3.05, 3.63) is 83.7 Å². The van der Waals surface area contributed by atoms with E-state index in [1.54, 1.807) is 20.4 Å². The van der Waals surface area contributed by atoms with Gasteiger partial charge in [0.05, 0.1) is 26.5 Å². The molecule has 0 saturated carbocycles. The van der Waals surface area contributed by atoms with Crippen LogP contribution in [0.5, 0.6) is 17.2 Å². The van der Waals surface area contributed by atoms with Crippen molar-refractivity contribution >= 4 is 29.9 Å². The fourth-order valence-electron chi connectivity index (χ4n) is 2.94. The molecule has 0 aliphatic heterocycles. The highest BCUT2D eigenvalue weighted by molar-refractivity contribution is 14.0. The fraction of sp³-hybridized carbons (Fsp3) is 0.250. The van der Waals surface area contributed by atoms with Crippen molar-refractivity contribution in [3.8, 4) is 17.2 Å². The van der Waals surface area contributed by atoms with Crippen molar-refractivity contribution < 1.29 is 14.2 Å². The van der Waals surface area contributed by atoms with Crippen molar-refractivity contribution in [2.45, 2.75) is 19.6 Å². The first-order valence-electron chi connectivity index (χ1n) is 10.0. The van der Waals surface area contributed by atoms with Gasteiger partial charge in [-0.05, 0) is 53.9 Å². The summed E-state index contributed by atoms with van der Waals surface area (Å²) in [6, 6.07) is 19.4. The Kier molecular flexibility index (Phi) is 10.6. The van der Waals surface area contributed by atoms with E-state index in [0.29, 0.717) is 37.2 Å². The van der Waals surface area contributed by atoms with Crippen LogP contribution in [0.4, 0.5) is 0 Å². The summed E-state index contributed by atoms with van der Waals surface area (Å²) in [5.41, 5.74) is 9.06. The molecular formula is C24H29IN4O3. The summed E-state index contributed by atoms with van der Waals surface area (Å²) in [6.07, 6.45) is 2.55. The number of ether oxygens (including phenoxy) is 3. The lowest BCUT2D eigenvalue weighted by atomic mass is 10.1. The number of halogens is 1. The third-order valence-electron chi connectivity index (χ3n) is 4.64. The summed E-state index contributed by atoms with van der Waals surface area (Å²) in [7, 11) is 3.25. The van der Waals surface area contributed by atoms with E-state index >= 15 is 0 Å². The molecule has 2 aromatic carbocycles. The molecule has 0 amide bonds. The maximum Gasteiger partial charge on any atom is 0.188 e. The minimum absolute atomic E-state index is 0. The number of nitrogens with one attached hydrogen (secondary N) is 1. The molecule has 0 atom stereocenters. The number of nitrogens with two attached hydrogens (primary N) is 1. The molecule has 0 unspecified atom stereocenters. The minimum Gasteiger partial charge on any atom is -0.493 e. The summed E-state index contributed by atoms with van der Waals surface area (Å²) in [5, 5.41) is 3.14. The molecule has 32 heavy (non-hydrogen) atoms. The molecule has 0 bridgehead atoms. The van der Waals surface area contributed by atoms with Crippen LogP contribution in [-0.2, 0) is 19.6 Å². The smallest absolute Gasteiger partial charge is 0.188 e. The minimum atomic E-state index is 0. The molecule has 3 rings (SSSR count).